The summed E-state index contributed by atoms with van der Waals surface area (Å²) in [5, 5.41) is 2.93. The largest absolute Gasteiger partial charge is 0.380 e. The molecule has 1 amide bonds. The van der Waals surface area contributed by atoms with E-state index in [1.165, 1.54) is 0 Å². The number of halogens is 1. The zero-order chi connectivity index (χ0) is 13.5. The van der Waals surface area contributed by atoms with Gasteiger partial charge in [0, 0.05) is 18.1 Å². The Balaban J connectivity index is 2.54. The molecule has 100 valence electrons. The van der Waals surface area contributed by atoms with Crippen molar-refractivity contribution < 1.29 is 9.53 Å². The monoisotopic (exact) mass is 314 g/mol. The van der Waals surface area contributed by atoms with Gasteiger partial charge in [0.2, 0.25) is 5.91 Å². The standard InChI is InChI=1S/C13H19BrN2O2/c1-9(10-4-3-5-11(14)6-10)16-13(17)7-12(8-15)18-2/h3-6,9,12H,7-8,15H2,1-2H3,(H,16,17)/t9-,12?/m1/s1. The molecule has 3 N–H and O–H groups in total. The zero-order valence-corrected chi connectivity index (χ0v) is 12.2. The van der Waals surface area contributed by atoms with Crippen LogP contribution >= 0.6 is 15.9 Å². The van der Waals surface area contributed by atoms with Crippen LogP contribution in [-0.2, 0) is 9.53 Å². The van der Waals surface area contributed by atoms with Crippen molar-refractivity contribution in [3.63, 3.8) is 0 Å². The second kappa shape index (κ2) is 7.51. The smallest absolute Gasteiger partial charge is 0.223 e. The van der Waals surface area contributed by atoms with Crippen LogP contribution in [0.5, 0.6) is 0 Å². The van der Waals surface area contributed by atoms with Crippen LogP contribution in [0, 0.1) is 0 Å². The fourth-order valence-electron chi connectivity index (χ4n) is 1.63. The Hall–Kier alpha value is -0.910. The lowest BCUT2D eigenvalue weighted by molar-refractivity contribution is -0.124. The van der Waals surface area contributed by atoms with Crippen molar-refractivity contribution in [2.75, 3.05) is 13.7 Å². The number of amides is 1. The summed E-state index contributed by atoms with van der Waals surface area (Å²) in [7, 11) is 1.56. The second-order valence-electron chi connectivity index (χ2n) is 4.14. The maximum atomic E-state index is 11.8. The van der Waals surface area contributed by atoms with E-state index >= 15 is 0 Å². The number of carbonyl (C=O) groups excluding carboxylic acids is 1. The first kappa shape index (κ1) is 15.1. The fraction of sp³-hybridized carbons (Fsp3) is 0.462. The normalized spacial score (nSPS) is 14.0. The molecule has 0 radical (unpaired) electrons. The van der Waals surface area contributed by atoms with Crippen LogP contribution < -0.4 is 11.1 Å². The lowest BCUT2D eigenvalue weighted by atomic mass is 10.1. The van der Waals surface area contributed by atoms with Crippen LogP contribution in [0.2, 0.25) is 0 Å². The van der Waals surface area contributed by atoms with Gasteiger partial charge in [-0.1, -0.05) is 28.1 Å². The first-order chi connectivity index (χ1) is 8.56. The molecule has 0 aliphatic carbocycles. The molecule has 1 aromatic rings. The highest BCUT2D eigenvalue weighted by Crippen LogP contribution is 2.17. The van der Waals surface area contributed by atoms with E-state index in [1.54, 1.807) is 7.11 Å². The number of ether oxygens (including phenoxy) is 1. The van der Waals surface area contributed by atoms with Gasteiger partial charge < -0.3 is 15.8 Å². The van der Waals surface area contributed by atoms with Crippen molar-refractivity contribution in [1.29, 1.82) is 0 Å². The summed E-state index contributed by atoms with van der Waals surface area (Å²) >= 11 is 3.41. The number of nitrogens with two attached hydrogens (primary N) is 1. The number of carbonyl (C=O) groups is 1. The van der Waals surface area contributed by atoms with E-state index in [2.05, 4.69) is 21.2 Å². The van der Waals surface area contributed by atoms with Crippen molar-refractivity contribution in [1.82, 2.24) is 5.32 Å². The van der Waals surface area contributed by atoms with Crippen LogP contribution in [0.25, 0.3) is 0 Å². The van der Waals surface area contributed by atoms with Crippen LogP contribution in [0.15, 0.2) is 28.7 Å². The summed E-state index contributed by atoms with van der Waals surface area (Å²) in [6, 6.07) is 7.83. The van der Waals surface area contributed by atoms with Crippen molar-refractivity contribution in [2.45, 2.75) is 25.5 Å². The molecule has 0 spiro atoms. The van der Waals surface area contributed by atoms with Crippen LogP contribution in [0.1, 0.15) is 24.9 Å². The van der Waals surface area contributed by atoms with Gasteiger partial charge in [0.15, 0.2) is 0 Å². The maximum absolute atomic E-state index is 11.8. The number of rotatable bonds is 6. The number of methoxy groups -OCH3 is 1. The average molecular weight is 315 g/mol. The first-order valence-electron chi connectivity index (χ1n) is 5.84. The van der Waals surface area contributed by atoms with Crippen molar-refractivity contribution >= 4 is 21.8 Å². The number of hydrogen-bond donors (Lipinski definition) is 2. The summed E-state index contributed by atoms with van der Waals surface area (Å²) in [4.78, 5) is 11.8. The van der Waals surface area contributed by atoms with Gasteiger partial charge in [-0.25, -0.2) is 0 Å². The van der Waals surface area contributed by atoms with Gasteiger partial charge in [-0.3, -0.25) is 4.79 Å². The number of hydrogen-bond acceptors (Lipinski definition) is 3. The van der Waals surface area contributed by atoms with E-state index in [1.807, 2.05) is 31.2 Å². The van der Waals surface area contributed by atoms with E-state index in [0.717, 1.165) is 10.0 Å². The molecule has 4 nitrogen and oxygen atoms in total. The van der Waals surface area contributed by atoms with E-state index in [9.17, 15) is 4.79 Å². The van der Waals surface area contributed by atoms with Gasteiger partial charge in [0.25, 0.3) is 0 Å². The van der Waals surface area contributed by atoms with Gasteiger partial charge in [-0.15, -0.1) is 0 Å². The van der Waals surface area contributed by atoms with Crippen molar-refractivity contribution in [2.24, 2.45) is 5.73 Å². The summed E-state index contributed by atoms with van der Waals surface area (Å²) in [6.45, 7) is 2.29. The predicted octanol–water partition coefficient (Wildman–Crippen LogP) is 1.99. The summed E-state index contributed by atoms with van der Waals surface area (Å²) in [5.74, 6) is -0.0558. The third-order valence-corrected chi connectivity index (χ3v) is 3.23. The highest BCUT2D eigenvalue weighted by Gasteiger charge is 2.14. The van der Waals surface area contributed by atoms with Gasteiger partial charge in [-0.2, -0.15) is 0 Å². The van der Waals surface area contributed by atoms with Crippen LogP contribution in [0.4, 0.5) is 0 Å². The third-order valence-electron chi connectivity index (χ3n) is 2.74. The van der Waals surface area contributed by atoms with Crippen LogP contribution in [-0.4, -0.2) is 25.7 Å². The Morgan fingerprint density at radius 1 is 1.56 bits per heavy atom. The molecular weight excluding hydrogens is 296 g/mol. The summed E-state index contributed by atoms with van der Waals surface area (Å²) < 4.78 is 6.08. The number of benzene rings is 1. The molecule has 1 unspecified atom stereocenters. The Labute approximate surface area is 116 Å². The molecule has 0 heterocycles. The predicted molar refractivity (Wildman–Crippen MR) is 75.2 cm³/mol. The Morgan fingerprint density at radius 3 is 2.83 bits per heavy atom. The molecule has 0 bridgehead atoms. The van der Waals surface area contributed by atoms with Crippen molar-refractivity contribution in [3.05, 3.63) is 34.3 Å². The molecule has 2 atom stereocenters. The molecule has 0 aromatic heterocycles. The van der Waals surface area contributed by atoms with Gasteiger partial charge in [0.1, 0.15) is 0 Å². The lowest BCUT2D eigenvalue weighted by Crippen LogP contribution is -2.33. The highest BCUT2D eigenvalue weighted by atomic mass is 79.9. The number of nitrogens with one attached hydrogen (secondary N) is 1. The molecule has 18 heavy (non-hydrogen) atoms. The molecule has 0 saturated heterocycles. The molecule has 1 rings (SSSR count). The SMILES string of the molecule is COC(CN)CC(=O)N[C@H](C)c1cccc(Br)c1. The molecule has 0 aliphatic heterocycles. The topological polar surface area (TPSA) is 64.3 Å². The van der Waals surface area contributed by atoms with Gasteiger partial charge in [-0.05, 0) is 24.6 Å². The molecule has 1 aromatic carbocycles. The van der Waals surface area contributed by atoms with Crippen molar-refractivity contribution in [3.8, 4) is 0 Å². The van der Waals surface area contributed by atoms with Gasteiger partial charge in [0.05, 0.1) is 18.6 Å². The van der Waals surface area contributed by atoms with E-state index in [-0.39, 0.29) is 24.5 Å². The lowest BCUT2D eigenvalue weighted by Gasteiger charge is -2.17. The Bertz CT molecular complexity index is 394. The molecule has 0 saturated carbocycles. The molecule has 5 heteroatoms. The van der Waals surface area contributed by atoms with Crippen LogP contribution in [0.3, 0.4) is 0 Å². The fourth-order valence-corrected chi connectivity index (χ4v) is 2.05. The maximum Gasteiger partial charge on any atom is 0.223 e. The van der Waals surface area contributed by atoms with E-state index in [0.29, 0.717) is 6.54 Å². The Morgan fingerprint density at radius 2 is 2.28 bits per heavy atom. The minimum atomic E-state index is -0.222. The quantitative estimate of drug-likeness (QED) is 0.844. The first-order valence-corrected chi connectivity index (χ1v) is 6.63. The highest BCUT2D eigenvalue weighted by molar-refractivity contribution is 9.10. The third kappa shape index (κ3) is 4.76. The minimum absolute atomic E-state index is 0.0368. The van der Waals surface area contributed by atoms with E-state index < -0.39 is 0 Å². The average Bonchev–Trinajstić information content (AvgIpc) is 2.35. The molecule has 0 aliphatic rings. The summed E-state index contributed by atoms with van der Waals surface area (Å²) in [6.07, 6.45) is 0.0606. The molecule has 0 fully saturated rings. The summed E-state index contributed by atoms with van der Waals surface area (Å²) in [5.41, 5.74) is 6.54. The minimum Gasteiger partial charge on any atom is -0.380 e. The van der Waals surface area contributed by atoms with E-state index in [4.69, 9.17) is 10.5 Å². The van der Waals surface area contributed by atoms with Gasteiger partial charge >= 0.3 is 0 Å². The Kier molecular flexibility index (Phi) is 6.32. The molecular formula is C13H19BrN2O2. The second-order valence-corrected chi connectivity index (χ2v) is 5.06. The zero-order valence-electron chi connectivity index (χ0n) is 10.7.